The molecule has 0 aliphatic carbocycles. The number of hydrogen-bond donors (Lipinski definition) is 1. The third-order valence-electron chi connectivity index (χ3n) is 6.11. The molecule has 1 atom stereocenters. The molecule has 0 radical (unpaired) electrons. The van der Waals surface area contributed by atoms with Crippen molar-refractivity contribution in [1.82, 2.24) is 4.57 Å². The molecular weight excluding hydrogens is 456 g/mol. The fourth-order valence-electron chi connectivity index (χ4n) is 4.18. The lowest BCUT2D eigenvalue weighted by atomic mass is 9.96. The minimum Gasteiger partial charge on any atom is -0.495 e. The number of methoxy groups -OCH3 is 1. The first-order chi connectivity index (χ1) is 17.3. The Balaban J connectivity index is 1.76. The fraction of sp³-hybridized carbons (Fsp3) is 0.207. The Hall–Kier alpha value is -4.39. The number of esters is 1. The quantitative estimate of drug-likeness (QED) is 0.369. The number of amides is 1. The first kappa shape index (κ1) is 24.7. The normalized spacial score (nSPS) is 11.7. The van der Waals surface area contributed by atoms with E-state index in [1.165, 1.54) is 11.7 Å². The van der Waals surface area contributed by atoms with Crippen LogP contribution in [0.1, 0.15) is 29.4 Å². The van der Waals surface area contributed by atoms with Crippen LogP contribution in [-0.2, 0) is 16.6 Å². The number of aromatic nitrogens is 1. The van der Waals surface area contributed by atoms with Crippen molar-refractivity contribution < 1.29 is 19.1 Å². The van der Waals surface area contributed by atoms with Crippen LogP contribution in [0.2, 0.25) is 0 Å². The third kappa shape index (κ3) is 4.73. The fourth-order valence-corrected chi connectivity index (χ4v) is 4.18. The van der Waals surface area contributed by atoms with E-state index in [9.17, 15) is 14.4 Å². The van der Waals surface area contributed by atoms with Gasteiger partial charge in [-0.2, -0.15) is 0 Å². The zero-order chi connectivity index (χ0) is 25.8. The van der Waals surface area contributed by atoms with E-state index in [4.69, 9.17) is 9.47 Å². The molecule has 7 nitrogen and oxygen atoms in total. The average Bonchev–Trinajstić information content (AvgIpc) is 2.90. The highest BCUT2D eigenvalue weighted by Crippen LogP contribution is 2.32. The summed E-state index contributed by atoms with van der Waals surface area (Å²) in [5.41, 5.74) is 2.66. The van der Waals surface area contributed by atoms with Crippen molar-refractivity contribution in [3.8, 4) is 16.9 Å². The van der Waals surface area contributed by atoms with Gasteiger partial charge in [0.1, 0.15) is 11.4 Å². The number of carbonyl (C=O) groups is 2. The molecular formula is C29H28N2O5. The van der Waals surface area contributed by atoms with Gasteiger partial charge in [-0.25, -0.2) is 4.79 Å². The molecule has 0 aliphatic heterocycles. The van der Waals surface area contributed by atoms with Crippen molar-refractivity contribution >= 4 is 28.3 Å². The second kappa shape index (κ2) is 10.5. The molecule has 1 aromatic heterocycles. The van der Waals surface area contributed by atoms with Gasteiger partial charge in [0.15, 0.2) is 6.10 Å². The van der Waals surface area contributed by atoms with E-state index in [2.05, 4.69) is 5.32 Å². The SMILES string of the molecule is CCC(OC(=O)c1c(-c2ccc(C)cc2)c2ccccc2c(=O)n1C)C(=O)Nc1ccccc1OC. The number of rotatable bonds is 7. The molecule has 0 fully saturated rings. The summed E-state index contributed by atoms with van der Waals surface area (Å²) < 4.78 is 12.3. The lowest BCUT2D eigenvalue weighted by molar-refractivity contribution is -0.124. The summed E-state index contributed by atoms with van der Waals surface area (Å²) in [7, 11) is 3.05. The number of ether oxygens (including phenoxy) is 2. The Morgan fingerprint density at radius 1 is 0.944 bits per heavy atom. The predicted molar refractivity (Wildman–Crippen MR) is 140 cm³/mol. The van der Waals surface area contributed by atoms with Crippen LogP contribution >= 0.6 is 0 Å². The summed E-state index contributed by atoms with van der Waals surface area (Å²) in [4.78, 5) is 39.8. The highest BCUT2D eigenvalue weighted by Gasteiger charge is 2.28. The van der Waals surface area contributed by atoms with Crippen LogP contribution < -0.4 is 15.6 Å². The van der Waals surface area contributed by atoms with Gasteiger partial charge in [0, 0.05) is 18.0 Å². The largest absolute Gasteiger partial charge is 0.495 e. The minimum absolute atomic E-state index is 0.0890. The van der Waals surface area contributed by atoms with Gasteiger partial charge in [-0.1, -0.05) is 67.1 Å². The molecule has 0 saturated heterocycles. The first-order valence-corrected chi connectivity index (χ1v) is 11.7. The lowest BCUT2D eigenvalue weighted by Crippen LogP contribution is -2.34. The molecule has 1 heterocycles. The molecule has 7 heteroatoms. The Labute approximate surface area is 209 Å². The maximum absolute atomic E-state index is 13.6. The van der Waals surface area contributed by atoms with Crippen molar-refractivity contribution in [2.45, 2.75) is 26.4 Å². The molecule has 184 valence electrons. The van der Waals surface area contributed by atoms with Gasteiger partial charge in [0.25, 0.3) is 11.5 Å². The molecule has 3 aromatic carbocycles. The monoisotopic (exact) mass is 484 g/mol. The summed E-state index contributed by atoms with van der Waals surface area (Å²) in [6, 6.07) is 21.8. The Kier molecular flexibility index (Phi) is 7.20. The van der Waals surface area contributed by atoms with Crippen LogP contribution in [0.3, 0.4) is 0 Å². The van der Waals surface area contributed by atoms with Crippen LogP contribution in [0.5, 0.6) is 5.75 Å². The van der Waals surface area contributed by atoms with E-state index in [0.717, 1.165) is 11.1 Å². The first-order valence-electron chi connectivity index (χ1n) is 11.7. The van der Waals surface area contributed by atoms with Crippen LogP contribution in [0.4, 0.5) is 5.69 Å². The van der Waals surface area contributed by atoms with Gasteiger partial charge in [0.05, 0.1) is 12.8 Å². The third-order valence-corrected chi connectivity index (χ3v) is 6.11. The van der Waals surface area contributed by atoms with E-state index in [1.807, 2.05) is 43.3 Å². The molecule has 36 heavy (non-hydrogen) atoms. The molecule has 1 N–H and O–H groups in total. The summed E-state index contributed by atoms with van der Waals surface area (Å²) in [5.74, 6) is -0.749. The van der Waals surface area contributed by atoms with Crippen molar-refractivity contribution in [1.29, 1.82) is 0 Å². The summed E-state index contributed by atoms with van der Waals surface area (Å²) in [6.45, 7) is 3.73. The van der Waals surface area contributed by atoms with Crippen LogP contribution in [-0.4, -0.2) is 29.7 Å². The number of para-hydroxylation sites is 2. The highest BCUT2D eigenvalue weighted by molar-refractivity contribution is 6.07. The zero-order valence-corrected chi connectivity index (χ0v) is 20.7. The average molecular weight is 485 g/mol. The van der Waals surface area contributed by atoms with Crippen molar-refractivity contribution in [2.24, 2.45) is 7.05 Å². The van der Waals surface area contributed by atoms with E-state index >= 15 is 0 Å². The molecule has 0 bridgehead atoms. The number of anilines is 1. The Bertz CT molecular complexity index is 1490. The second-order valence-electron chi connectivity index (χ2n) is 8.49. The molecule has 1 unspecified atom stereocenters. The maximum atomic E-state index is 13.6. The van der Waals surface area contributed by atoms with Crippen molar-refractivity contribution in [2.75, 3.05) is 12.4 Å². The van der Waals surface area contributed by atoms with Gasteiger partial charge in [-0.3, -0.25) is 9.59 Å². The maximum Gasteiger partial charge on any atom is 0.356 e. The summed E-state index contributed by atoms with van der Waals surface area (Å²) in [6.07, 6.45) is -0.830. The van der Waals surface area contributed by atoms with Gasteiger partial charge < -0.3 is 19.4 Å². The van der Waals surface area contributed by atoms with Crippen LogP contribution in [0, 0.1) is 6.92 Å². The Morgan fingerprint density at radius 2 is 1.58 bits per heavy atom. The number of nitrogens with zero attached hydrogens (tertiary/aromatic N) is 1. The van der Waals surface area contributed by atoms with Crippen molar-refractivity contribution in [3.63, 3.8) is 0 Å². The zero-order valence-electron chi connectivity index (χ0n) is 20.7. The molecule has 4 aromatic rings. The van der Waals surface area contributed by atoms with Crippen LogP contribution in [0.25, 0.3) is 21.9 Å². The van der Waals surface area contributed by atoms with Gasteiger partial charge in [-0.05, 0) is 42.5 Å². The number of aryl methyl sites for hydroxylation is 1. The van der Waals surface area contributed by atoms with Gasteiger partial charge >= 0.3 is 5.97 Å². The molecule has 0 aliphatic rings. The number of nitrogens with one attached hydrogen (secondary N) is 1. The van der Waals surface area contributed by atoms with Crippen LogP contribution in [0.15, 0.2) is 77.6 Å². The number of hydrogen-bond acceptors (Lipinski definition) is 5. The Morgan fingerprint density at radius 3 is 2.25 bits per heavy atom. The standard InChI is InChI=1S/C29H28N2O5/c1-5-23(27(32)30-22-12-8-9-13-24(22)35-4)36-29(34)26-25(19-16-14-18(2)15-17-19)20-10-6-7-11-21(20)28(33)31(26)3/h6-17,23H,5H2,1-4H3,(H,30,32). The van der Waals surface area contributed by atoms with E-state index < -0.39 is 18.0 Å². The topological polar surface area (TPSA) is 86.6 Å². The van der Waals surface area contributed by atoms with E-state index in [1.54, 1.807) is 50.4 Å². The molecule has 4 rings (SSSR count). The highest BCUT2D eigenvalue weighted by atomic mass is 16.5. The minimum atomic E-state index is -1.07. The number of carbonyl (C=O) groups excluding carboxylic acids is 2. The summed E-state index contributed by atoms with van der Waals surface area (Å²) >= 11 is 0. The predicted octanol–water partition coefficient (Wildman–Crippen LogP) is 5.10. The second-order valence-corrected chi connectivity index (χ2v) is 8.49. The molecule has 1 amide bonds. The number of fused-ring (bicyclic) bond motifs is 1. The van der Waals surface area contributed by atoms with Crippen molar-refractivity contribution in [3.05, 3.63) is 94.4 Å². The van der Waals surface area contributed by atoms with E-state index in [-0.39, 0.29) is 17.7 Å². The summed E-state index contributed by atoms with van der Waals surface area (Å²) in [5, 5.41) is 3.90. The van der Waals surface area contributed by atoms with E-state index in [0.29, 0.717) is 27.8 Å². The lowest BCUT2D eigenvalue weighted by Gasteiger charge is -2.20. The van der Waals surface area contributed by atoms with Gasteiger partial charge in [-0.15, -0.1) is 0 Å². The molecule has 0 saturated carbocycles. The number of pyridine rings is 1. The van der Waals surface area contributed by atoms with Gasteiger partial charge in [0.2, 0.25) is 0 Å². The smallest absolute Gasteiger partial charge is 0.356 e. The number of benzene rings is 3. The molecule has 0 spiro atoms.